The molecule has 6 heteroatoms. The molecule has 2 heterocycles. The summed E-state index contributed by atoms with van der Waals surface area (Å²) >= 11 is 6.13. The lowest BCUT2D eigenvalue weighted by Crippen LogP contribution is -2.25. The number of benzene rings is 3. The summed E-state index contributed by atoms with van der Waals surface area (Å²) in [5.74, 6) is 0.973. The molecule has 1 aliphatic rings. The Hall–Kier alpha value is -3.93. The Kier molecular flexibility index (Phi) is 6.47. The number of fused-ring (bicyclic) bond motifs is 3. The molecule has 0 radical (unpaired) electrons. The fraction of sp³-hybridized carbons (Fsp3) is 0.161. The van der Waals surface area contributed by atoms with Gasteiger partial charge in [-0.3, -0.25) is 9.97 Å². The number of nitrogens with one attached hydrogen (secondary N) is 2. The van der Waals surface area contributed by atoms with Crippen molar-refractivity contribution >= 4 is 45.0 Å². The van der Waals surface area contributed by atoms with Gasteiger partial charge in [0.05, 0.1) is 30.1 Å². The van der Waals surface area contributed by atoms with Gasteiger partial charge in [-0.05, 0) is 70.4 Å². The molecule has 0 spiro atoms. The molecular weight excluding hydrogens is 480 g/mol. The van der Waals surface area contributed by atoms with Crippen LogP contribution in [0.3, 0.4) is 0 Å². The number of anilines is 1. The van der Waals surface area contributed by atoms with Crippen LogP contribution in [-0.4, -0.2) is 17.1 Å². The topological polar surface area (TPSA) is 59.1 Å². The van der Waals surface area contributed by atoms with Gasteiger partial charge in [0.15, 0.2) is 0 Å². The predicted molar refractivity (Wildman–Crippen MR) is 151 cm³/mol. The molecule has 0 fully saturated rings. The molecule has 184 valence electrons. The molecule has 0 bridgehead atoms. The molecule has 0 amide bonds. The second-order valence-corrected chi connectivity index (χ2v) is 9.76. The molecular formula is C31H27ClN4O. The van der Waals surface area contributed by atoms with Crippen LogP contribution in [0.25, 0.3) is 27.8 Å². The Labute approximate surface area is 221 Å². The maximum atomic E-state index is 6.13. The van der Waals surface area contributed by atoms with Gasteiger partial charge in [-0.2, -0.15) is 0 Å². The lowest BCUT2D eigenvalue weighted by molar-refractivity contribution is 0.264. The number of aromatic nitrogens is 2. The van der Waals surface area contributed by atoms with Gasteiger partial charge in [-0.25, -0.2) is 0 Å². The Morgan fingerprint density at radius 2 is 1.70 bits per heavy atom. The van der Waals surface area contributed by atoms with E-state index in [1.165, 1.54) is 21.9 Å². The highest BCUT2D eigenvalue weighted by Gasteiger charge is 2.22. The monoisotopic (exact) mass is 506 g/mol. The fourth-order valence-electron chi connectivity index (χ4n) is 4.96. The highest BCUT2D eigenvalue weighted by atomic mass is 35.5. The number of pyridine rings is 2. The van der Waals surface area contributed by atoms with Gasteiger partial charge in [-0.1, -0.05) is 41.9 Å². The fourth-order valence-corrected chi connectivity index (χ4v) is 5.13. The summed E-state index contributed by atoms with van der Waals surface area (Å²) in [4.78, 5) is 9.05. The van der Waals surface area contributed by atoms with Gasteiger partial charge < -0.3 is 15.4 Å². The highest BCUT2D eigenvalue weighted by Crippen LogP contribution is 2.31. The zero-order valence-electron chi connectivity index (χ0n) is 20.5. The summed E-state index contributed by atoms with van der Waals surface area (Å²) in [5, 5.41) is 11.5. The van der Waals surface area contributed by atoms with Gasteiger partial charge in [0, 0.05) is 53.6 Å². The molecule has 6 rings (SSSR count). The number of methoxy groups -OCH3 is 1. The lowest BCUT2D eigenvalue weighted by atomic mass is 9.96. The van der Waals surface area contributed by atoms with Crippen LogP contribution in [0.2, 0.25) is 5.02 Å². The van der Waals surface area contributed by atoms with E-state index in [1.807, 2.05) is 42.7 Å². The Bertz CT molecular complexity index is 1630. The normalized spacial score (nSPS) is 14.9. The maximum Gasteiger partial charge on any atom is 0.0981 e. The Balaban J connectivity index is 1.15. The van der Waals surface area contributed by atoms with Crippen LogP contribution in [0.1, 0.15) is 34.8 Å². The number of hydrogen-bond acceptors (Lipinski definition) is 5. The molecule has 37 heavy (non-hydrogen) atoms. The molecule has 1 aliphatic carbocycles. The SMILES string of the molecule is COC1=Cc2cccnc2C(NCc2ccc3cc(CNc4ccnc5cc(Cl)ccc45)ccc3c2)C1. The van der Waals surface area contributed by atoms with Crippen molar-refractivity contribution in [3.05, 3.63) is 118 Å². The van der Waals surface area contributed by atoms with Crippen molar-refractivity contribution in [2.45, 2.75) is 25.6 Å². The van der Waals surface area contributed by atoms with E-state index in [0.29, 0.717) is 5.02 Å². The van der Waals surface area contributed by atoms with Crippen LogP contribution in [0.5, 0.6) is 0 Å². The Morgan fingerprint density at radius 1 is 0.892 bits per heavy atom. The predicted octanol–water partition coefficient (Wildman–Crippen LogP) is 7.27. The summed E-state index contributed by atoms with van der Waals surface area (Å²) in [6.07, 6.45) is 6.54. The van der Waals surface area contributed by atoms with E-state index in [4.69, 9.17) is 16.3 Å². The zero-order valence-corrected chi connectivity index (χ0v) is 21.3. The molecule has 3 aromatic carbocycles. The van der Waals surface area contributed by atoms with Gasteiger partial charge in [0.1, 0.15) is 0 Å². The molecule has 2 N–H and O–H groups in total. The first-order valence-corrected chi connectivity index (χ1v) is 12.8. The van der Waals surface area contributed by atoms with E-state index in [1.54, 1.807) is 7.11 Å². The first-order valence-electron chi connectivity index (χ1n) is 12.4. The first kappa shape index (κ1) is 23.5. The van der Waals surface area contributed by atoms with Crippen LogP contribution in [0, 0.1) is 0 Å². The van der Waals surface area contributed by atoms with E-state index in [2.05, 4.69) is 69.1 Å². The van der Waals surface area contributed by atoms with Crippen LogP contribution in [-0.2, 0) is 17.8 Å². The third-order valence-corrected chi connectivity index (χ3v) is 7.13. The van der Waals surface area contributed by atoms with E-state index in [9.17, 15) is 0 Å². The van der Waals surface area contributed by atoms with E-state index >= 15 is 0 Å². The number of rotatable bonds is 7. The Morgan fingerprint density at radius 3 is 2.51 bits per heavy atom. The number of ether oxygens (including phenoxy) is 1. The van der Waals surface area contributed by atoms with Crippen molar-refractivity contribution in [3.63, 3.8) is 0 Å². The van der Waals surface area contributed by atoms with Crippen LogP contribution < -0.4 is 10.6 Å². The minimum atomic E-state index is 0.126. The summed E-state index contributed by atoms with van der Waals surface area (Å²) < 4.78 is 5.55. The number of nitrogens with zero attached hydrogens (tertiary/aromatic N) is 2. The van der Waals surface area contributed by atoms with Crippen molar-refractivity contribution in [1.29, 1.82) is 0 Å². The zero-order chi connectivity index (χ0) is 25.2. The summed E-state index contributed by atoms with van der Waals surface area (Å²) in [5.41, 5.74) is 6.59. The molecule has 0 saturated carbocycles. The molecule has 0 aliphatic heterocycles. The highest BCUT2D eigenvalue weighted by molar-refractivity contribution is 6.31. The molecule has 1 unspecified atom stereocenters. The largest absolute Gasteiger partial charge is 0.501 e. The maximum absolute atomic E-state index is 6.13. The van der Waals surface area contributed by atoms with Crippen molar-refractivity contribution in [3.8, 4) is 0 Å². The average molecular weight is 507 g/mol. The number of hydrogen-bond donors (Lipinski definition) is 2. The minimum Gasteiger partial charge on any atom is -0.501 e. The second-order valence-electron chi connectivity index (χ2n) is 9.32. The van der Waals surface area contributed by atoms with Crippen LogP contribution in [0.15, 0.2) is 90.9 Å². The van der Waals surface area contributed by atoms with E-state index in [-0.39, 0.29) is 6.04 Å². The quantitative estimate of drug-likeness (QED) is 0.243. The summed E-state index contributed by atoms with van der Waals surface area (Å²) in [7, 11) is 1.73. The van der Waals surface area contributed by atoms with Gasteiger partial charge in [0.2, 0.25) is 0 Å². The summed E-state index contributed by atoms with van der Waals surface area (Å²) in [6, 6.07) is 25.3. The molecule has 2 aromatic heterocycles. The molecule has 5 nitrogen and oxygen atoms in total. The third kappa shape index (κ3) is 5.01. The van der Waals surface area contributed by atoms with Crippen molar-refractivity contribution in [2.75, 3.05) is 12.4 Å². The smallest absolute Gasteiger partial charge is 0.0981 e. The van der Waals surface area contributed by atoms with Crippen molar-refractivity contribution in [2.24, 2.45) is 0 Å². The van der Waals surface area contributed by atoms with Crippen LogP contribution in [0.4, 0.5) is 5.69 Å². The standard InChI is InChI=1S/C31H27ClN4O/c1-37-26-15-24-3-2-11-34-31(24)30(17-26)36-19-21-5-7-22-13-20(4-6-23(22)14-21)18-35-28-10-12-33-29-16-25(32)8-9-27(28)29/h2-16,30,36H,17-19H2,1H3,(H,33,35). The van der Waals surface area contributed by atoms with Crippen molar-refractivity contribution in [1.82, 2.24) is 15.3 Å². The second kappa shape index (κ2) is 10.2. The van der Waals surface area contributed by atoms with E-state index in [0.717, 1.165) is 53.1 Å². The number of halogens is 1. The third-order valence-electron chi connectivity index (χ3n) is 6.89. The van der Waals surface area contributed by atoms with Gasteiger partial charge in [0.25, 0.3) is 0 Å². The van der Waals surface area contributed by atoms with Gasteiger partial charge >= 0.3 is 0 Å². The lowest BCUT2D eigenvalue weighted by Gasteiger charge is -2.25. The molecule has 0 saturated heterocycles. The minimum absolute atomic E-state index is 0.126. The van der Waals surface area contributed by atoms with Gasteiger partial charge in [-0.15, -0.1) is 0 Å². The van der Waals surface area contributed by atoms with Crippen molar-refractivity contribution < 1.29 is 4.74 Å². The molecule has 5 aromatic rings. The average Bonchev–Trinajstić information content (AvgIpc) is 2.94. The van der Waals surface area contributed by atoms with E-state index < -0.39 is 0 Å². The molecule has 1 atom stereocenters. The van der Waals surface area contributed by atoms with Crippen LogP contribution >= 0.6 is 11.6 Å². The summed E-state index contributed by atoms with van der Waals surface area (Å²) in [6.45, 7) is 1.49. The first-order chi connectivity index (χ1) is 18.2.